The highest BCUT2D eigenvalue weighted by Crippen LogP contribution is 2.20. The summed E-state index contributed by atoms with van der Waals surface area (Å²) < 4.78 is 5.03. The summed E-state index contributed by atoms with van der Waals surface area (Å²) in [5.41, 5.74) is 3.64. The van der Waals surface area contributed by atoms with Crippen molar-refractivity contribution >= 4 is 22.8 Å². The van der Waals surface area contributed by atoms with E-state index < -0.39 is 0 Å². The van der Waals surface area contributed by atoms with E-state index in [-0.39, 0.29) is 6.03 Å². The zero-order valence-corrected chi connectivity index (χ0v) is 13.8. The standard InChI is InChI=1S/C15H19N7O2/c1-21(8-10-7-11(9-24-3)18-17-10)15(23)16-12-5-4-6-13-14(12)20-22(2)19-13/h4-7H,8-9H2,1-3H3,(H,16,23)(H,17,18). The van der Waals surface area contributed by atoms with Crippen LogP contribution in [0.25, 0.3) is 11.0 Å². The van der Waals surface area contributed by atoms with Crippen LogP contribution in [0.15, 0.2) is 24.3 Å². The minimum Gasteiger partial charge on any atom is -0.378 e. The highest BCUT2D eigenvalue weighted by atomic mass is 16.5. The van der Waals surface area contributed by atoms with Crippen molar-refractivity contribution in [3.8, 4) is 0 Å². The van der Waals surface area contributed by atoms with Crippen LogP contribution in [0.5, 0.6) is 0 Å². The van der Waals surface area contributed by atoms with Gasteiger partial charge in [-0.15, -0.1) is 0 Å². The fourth-order valence-corrected chi connectivity index (χ4v) is 2.39. The van der Waals surface area contributed by atoms with Crippen molar-refractivity contribution in [2.24, 2.45) is 7.05 Å². The Bertz CT molecular complexity index is 855. The molecule has 3 rings (SSSR count). The Labute approximate surface area is 138 Å². The summed E-state index contributed by atoms with van der Waals surface area (Å²) in [5, 5.41) is 18.4. The van der Waals surface area contributed by atoms with Crippen LogP contribution < -0.4 is 5.32 Å². The number of ether oxygens (including phenoxy) is 1. The number of amides is 2. The number of carbonyl (C=O) groups is 1. The fourth-order valence-electron chi connectivity index (χ4n) is 2.39. The first-order valence-electron chi connectivity index (χ1n) is 7.41. The molecule has 126 valence electrons. The van der Waals surface area contributed by atoms with Gasteiger partial charge in [0.05, 0.1) is 30.2 Å². The van der Waals surface area contributed by atoms with E-state index in [1.807, 2.05) is 18.2 Å². The van der Waals surface area contributed by atoms with E-state index in [4.69, 9.17) is 4.74 Å². The third-order valence-corrected chi connectivity index (χ3v) is 3.48. The Kier molecular flexibility index (Phi) is 4.43. The number of hydrogen-bond donors (Lipinski definition) is 2. The lowest BCUT2D eigenvalue weighted by Gasteiger charge is -2.17. The van der Waals surface area contributed by atoms with E-state index in [0.29, 0.717) is 24.4 Å². The van der Waals surface area contributed by atoms with Gasteiger partial charge in [0, 0.05) is 21.2 Å². The molecule has 0 atom stereocenters. The number of aryl methyl sites for hydroxylation is 1. The van der Waals surface area contributed by atoms with Gasteiger partial charge in [-0.05, 0) is 18.2 Å². The van der Waals surface area contributed by atoms with E-state index in [2.05, 4.69) is 25.7 Å². The molecular weight excluding hydrogens is 310 g/mol. The summed E-state index contributed by atoms with van der Waals surface area (Å²) in [5.74, 6) is 0. The fraction of sp³-hybridized carbons (Fsp3) is 0.333. The molecular formula is C15H19N7O2. The summed E-state index contributed by atoms with van der Waals surface area (Å²) in [6, 6.07) is 7.12. The predicted molar refractivity (Wildman–Crippen MR) is 88.3 cm³/mol. The minimum absolute atomic E-state index is 0.240. The molecule has 0 bridgehead atoms. The van der Waals surface area contributed by atoms with Gasteiger partial charge in [0.1, 0.15) is 11.0 Å². The van der Waals surface area contributed by atoms with Crippen molar-refractivity contribution in [2.45, 2.75) is 13.2 Å². The van der Waals surface area contributed by atoms with Crippen LogP contribution in [0.4, 0.5) is 10.5 Å². The number of nitrogens with one attached hydrogen (secondary N) is 2. The van der Waals surface area contributed by atoms with Gasteiger partial charge in [-0.25, -0.2) is 4.79 Å². The second-order valence-corrected chi connectivity index (χ2v) is 5.47. The number of rotatable bonds is 5. The number of aromatic amines is 1. The molecule has 0 aliphatic heterocycles. The molecule has 0 saturated carbocycles. The zero-order valence-electron chi connectivity index (χ0n) is 13.8. The molecule has 24 heavy (non-hydrogen) atoms. The molecule has 1 aromatic carbocycles. The molecule has 2 heterocycles. The Morgan fingerprint density at radius 3 is 3.04 bits per heavy atom. The molecule has 0 aliphatic rings. The van der Waals surface area contributed by atoms with Gasteiger partial charge < -0.3 is 15.0 Å². The second kappa shape index (κ2) is 6.67. The molecule has 0 aliphatic carbocycles. The van der Waals surface area contributed by atoms with Crippen LogP contribution in [-0.4, -0.2) is 50.3 Å². The van der Waals surface area contributed by atoms with E-state index in [1.54, 1.807) is 32.2 Å². The van der Waals surface area contributed by atoms with Crippen molar-refractivity contribution in [3.63, 3.8) is 0 Å². The highest BCUT2D eigenvalue weighted by molar-refractivity contribution is 5.98. The van der Waals surface area contributed by atoms with Gasteiger partial charge in [-0.1, -0.05) is 6.07 Å². The number of urea groups is 1. The summed E-state index contributed by atoms with van der Waals surface area (Å²) in [6.07, 6.45) is 0. The first-order valence-corrected chi connectivity index (χ1v) is 7.41. The van der Waals surface area contributed by atoms with Gasteiger partial charge in [0.25, 0.3) is 0 Å². The Balaban J connectivity index is 1.68. The molecule has 9 nitrogen and oxygen atoms in total. The molecule has 0 saturated heterocycles. The Morgan fingerprint density at radius 1 is 1.42 bits per heavy atom. The van der Waals surface area contributed by atoms with Crippen LogP contribution in [0.3, 0.4) is 0 Å². The Morgan fingerprint density at radius 2 is 2.25 bits per heavy atom. The number of anilines is 1. The number of H-pyrrole nitrogens is 1. The average Bonchev–Trinajstić information content (AvgIpc) is 3.13. The van der Waals surface area contributed by atoms with E-state index in [1.165, 1.54) is 4.80 Å². The van der Waals surface area contributed by atoms with E-state index in [9.17, 15) is 4.79 Å². The maximum absolute atomic E-state index is 12.4. The quantitative estimate of drug-likeness (QED) is 0.739. The maximum atomic E-state index is 12.4. The molecule has 0 fully saturated rings. The monoisotopic (exact) mass is 329 g/mol. The third kappa shape index (κ3) is 3.35. The SMILES string of the molecule is COCc1cc(CN(C)C(=O)Nc2cccc3nn(C)nc23)[nH]n1. The summed E-state index contributed by atoms with van der Waals surface area (Å²) in [4.78, 5) is 15.4. The van der Waals surface area contributed by atoms with Crippen molar-refractivity contribution in [1.82, 2.24) is 30.1 Å². The number of carbonyl (C=O) groups excluding carboxylic acids is 1. The molecule has 0 unspecified atom stereocenters. The minimum atomic E-state index is -0.240. The largest absolute Gasteiger partial charge is 0.378 e. The molecule has 2 amide bonds. The van der Waals surface area contributed by atoms with Gasteiger partial charge in [-0.3, -0.25) is 5.10 Å². The molecule has 3 aromatic rings. The summed E-state index contributed by atoms with van der Waals surface area (Å²) in [7, 11) is 5.07. The van der Waals surface area contributed by atoms with Crippen LogP contribution in [0, 0.1) is 0 Å². The number of benzene rings is 1. The van der Waals surface area contributed by atoms with Crippen LogP contribution >= 0.6 is 0 Å². The van der Waals surface area contributed by atoms with Gasteiger partial charge in [-0.2, -0.15) is 20.1 Å². The van der Waals surface area contributed by atoms with Crippen molar-refractivity contribution in [2.75, 3.05) is 19.5 Å². The second-order valence-electron chi connectivity index (χ2n) is 5.47. The van der Waals surface area contributed by atoms with Crippen LogP contribution in [0.2, 0.25) is 0 Å². The molecule has 2 N–H and O–H groups in total. The molecule has 0 radical (unpaired) electrons. The summed E-state index contributed by atoms with van der Waals surface area (Å²) >= 11 is 0. The lowest BCUT2D eigenvalue weighted by Crippen LogP contribution is -2.31. The van der Waals surface area contributed by atoms with Crippen molar-refractivity contribution in [3.05, 3.63) is 35.7 Å². The van der Waals surface area contributed by atoms with Crippen molar-refractivity contribution in [1.29, 1.82) is 0 Å². The lowest BCUT2D eigenvalue weighted by atomic mass is 10.2. The predicted octanol–water partition coefficient (Wildman–Crippen LogP) is 1.50. The third-order valence-electron chi connectivity index (χ3n) is 3.48. The first kappa shape index (κ1) is 15.9. The molecule has 0 spiro atoms. The number of nitrogens with zero attached hydrogens (tertiary/aromatic N) is 5. The molecule has 2 aromatic heterocycles. The number of fused-ring (bicyclic) bond motifs is 1. The normalized spacial score (nSPS) is 11.0. The highest BCUT2D eigenvalue weighted by Gasteiger charge is 2.14. The zero-order chi connectivity index (χ0) is 17.1. The Hall–Kier alpha value is -2.94. The average molecular weight is 329 g/mol. The first-order chi connectivity index (χ1) is 11.6. The van der Waals surface area contributed by atoms with Crippen LogP contribution in [-0.2, 0) is 24.9 Å². The number of hydrogen-bond acceptors (Lipinski definition) is 5. The lowest BCUT2D eigenvalue weighted by molar-refractivity contribution is 0.181. The van der Waals surface area contributed by atoms with Crippen LogP contribution in [0.1, 0.15) is 11.4 Å². The van der Waals surface area contributed by atoms with Gasteiger partial charge >= 0.3 is 6.03 Å². The number of aromatic nitrogens is 5. The van der Waals surface area contributed by atoms with Gasteiger partial charge in [0.2, 0.25) is 0 Å². The topological polar surface area (TPSA) is 101 Å². The number of methoxy groups -OCH3 is 1. The van der Waals surface area contributed by atoms with Crippen molar-refractivity contribution < 1.29 is 9.53 Å². The summed E-state index contributed by atoms with van der Waals surface area (Å²) in [6.45, 7) is 0.833. The van der Waals surface area contributed by atoms with E-state index in [0.717, 1.165) is 16.9 Å². The van der Waals surface area contributed by atoms with E-state index >= 15 is 0 Å². The molecule has 9 heteroatoms. The van der Waals surface area contributed by atoms with Gasteiger partial charge in [0.15, 0.2) is 0 Å². The smallest absolute Gasteiger partial charge is 0.322 e. The maximum Gasteiger partial charge on any atom is 0.322 e.